The van der Waals surface area contributed by atoms with Crippen molar-refractivity contribution in [1.82, 2.24) is 16.0 Å². The normalized spacial score (nSPS) is 10.3. The second kappa shape index (κ2) is 9.33. The fourth-order valence-electron chi connectivity index (χ4n) is 2.51. The highest BCUT2D eigenvalue weighted by Crippen LogP contribution is 2.20. The number of hydrogen-bond donors (Lipinski definition) is 3. The lowest BCUT2D eigenvalue weighted by molar-refractivity contribution is 0.0666. The molecule has 2 amide bonds. The van der Waals surface area contributed by atoms with Crippen molar-refractivity contribution in [1.29, 1.82) is 0 Å². The second-order valence-corrected chi connectivity index (χ2v) is 5.88. The molecule has 0 atom stereocenters. The number of hydroxylamine groups is 1. The number of rotatable bonds is 8. The molecule has 144 valence electrons. The summed E-state index contributed by atoms with van der Waals surface area (Å²) < 4.78 is 10.0. The highest BCUT2D eigenvalue weighted by atomic mass is 16.5. The zero-order valence-electron chi connectivity index (χ0n) is 14.9. The third kappa shape index (κ3) is 4.95. The Labute approximate surface area is 161 Å². The van der Waals surface area contributed by atoms with Gasteiger partial charge in [0.2, 0.25) is 5.76 Å². The first-order chi connectivity index (χ1) is 13.7. The van der Waals surface area contributed by atoms with Crippen molar-refractivity contribution in [3.8, 4) is 17.0 Å². The molecule has 1 heterocycles. The van der Waals surface area contributed by atoms with Gasteiger partial charge in [-0.2, -0.15) is 0 Å². The zero-order valence-corrected chi connectivity index (χ0v) is 14.9. The van der Waals surface area contributed by atoms with Gasteiger partial charge in [0.05, 0.1) is 12.7 Å². The Morgan fingerprint density at radius 2 is 1.79 bits per heavy atom. The highest BCUT2D eigenvalue weighted by molar-refractivity contribution is 5.95. The minimum absolute atomic E-state index is 0.125. The summed E-state index contributed by atoms with van der Waals surface area (Å²) in [6.07, 6.45) is 0.540. The lowest BCUT2D eigenvalue weighted by atomic mass is 10.0. The molecule has 8 heteroatoms. The third-order valence-corrected chi connectivity index (χ3v) is 3.90. The predicted octanol–water partition coefficient (Wildman–Crippen LogP) is 2.66. The van der Waals surface area contributed by atoms with Crippen molar-refractivity contribution < 1.29 is 24.1 Å². The van der Waals surface area contributed by atoms with Gasteiger partial charge in [-0.1, -0.05) is 42.5 Å². The van der Waals surface area contributed by atoms with Gasteiger partial charge in [0.1, 0.15) is 0 Å². The van der Waals surface area contributed by atoms with Crippen LogP contribution in [0.3, 0.4) is 0 Å². The monoisotopic (exact) mass is 381 g/mol. The van der Waals surface area contributed by atoms with Crippen molar-refractivity contribution in [2.75, 3.05) is 13.2 Å². The SMILES string of the molecule is O=C(NCCCOc1cc(C(=O)NO)on1)c1cccc(-c2ccccc2)c1. The number of carbonyl (C=O) groups excluding carboxylic acids is 2. The number of nitrogens with one attached hydrogen (secondary N) is 2. The molecule has 8 nitrogen and oxygen atoms in total. The Kier molecular flexibility index (Phi) is 6.37. The average molecular weight is 381 g/mol. The number of nitrogens with zero attached hydrogens (tertiary/aromatic N) is 1. The molecule has 0 saturated heterocycles. The third-order valence-electron chi connectivity index (χ3n) is 3.90. The maximum absolute atomic E-state index is 12.3. The van der Waals surface area contributed by atoms with E-state index < -0.39 is 5.91 Å². The summed E-state index contributed by atoms with van der Waals surface area (Å²) in [5.74, 6) is -1.02. The molecule has 0 unspecified atom stereocenters. The van der Waals surface area contributed by atoms with Crippen LogP contribution in [0.4, 0.5) is 0 Å². The summed E-state index contributed by atoms with van der Waals surface area (Å²) in [6.45, 7) is 0.688. The summed E-state index contributed by atoms with van der Waals surface area (Å²) in [5.41, 5.74) is 4.05. The van der Waals surface area contributed by atoms with Crippen molar-refractivity contribution in [3.63, 3.8) is 0 Å². The van der Waals surface area contributed by atoms with Crippen LogP contribution >= 0.6 is 0 Å². The maximum atomic E-state index is 12.3. The highest BCUT2D eigenvalue weighted by Gasteiger charge is 2.12. The van der Waals surface area contributed by atoms with Crippen LogP contribution < -0.4 is 15.5 Å². The number of benzene rings is 2. The van der Waals surface area contributed by atoms with Crippen LogP contribution in [0.5, 0.6) is 5.88 Å². The lowest BCUT2D eigenvalue weighted by Gasteiger charge is -2.07. The summed E-state index contributed by atoms with van der Waals surface area (Å²) in [7, 11) is 0. The van der Waals surface area contributed by atoms with Crippen molar-refractivity contribution in [3.05, 3.63) is 72.0 Å². The molecule has 0 saturated carbocycles. The van der Waals surface area contributed by atoms with Gasteiger partial charge in [0.15, 0.2) is 0 Å². The fourth-order valence-corrected chi connectivity index (χ4v) is 2.51. The van der Waals surface area contributed by atoms with Crippen LogP contribution in [0.2, 0.25) is 0 Å². The van der Waals surface area contributed by atoms with Gasteiger partial charge in [-0.25, -0.2) is 5.48 Å². The molecule has 3 rings (SSSR count). The fraction of sp³-hybridized carbons (Fsp3) is 0.150. The van der Waals surface area contributed by atoms with E-state index in [-0.39, 0.29) is 24.2 Å². The summed E-state index contributed by atoms with van der Waals surface area (Å²) >= 11 is 0. The van der Waals surface area contributed by atoms with Crippen molar-refractivity contribution in [2.45, 2.75) is 6.42 Å². The summed E-state index contributed by atoms with van der Waals surface area (Å²) in [6, 6.07) is 18.5. The lowest BCUT2D eigenvalue weighted by Crippen LogP contribution is -2.25. The van der Waals surface area contributed by atoms with Crippen LogP contribution in [-0.2, 0) is 0 Å². The van der Waals surface area contributed by atoms with E-state index in [1.165, 1.54) is 11.5 Å². The Balaban J connectivity index is 1.45. The molecule has 1 aromatic heterocycles. The average Bonchev–Trinajstić information content (AvgIpc) is 3.22. The molecule has 0 radical (unpaired) electrons. The minimum atomic E-state index is -0.813. The Morgan fingerprint density at radius 1 is 1.00 bits per heavy atom. The Hall–Kier alpha value is -3.65. The molecule has 2 aromatic carbocycles. The van der Waals surface area contributed by atoms with Gasteiger partial charge in [-0.3, -0.25) is 14.8 Å². The molecule has 3 aromatic rings. The summed E-state index contributed by atoms with van der Waals surface area (Å²) in [5, 5.41) is 14.9. The largest absolute Gasteiger partial charge is 0.475 e. The van der Waals surface area contributed by atoms with E-state index in [2.05, 4.69) is 10.5 Å². The number of aromatic nitrogens is 1. The van der Waals surface area contributed by atoms with Gasteiger partial charge in [-0.15, -0.1) is 0 Å². The summed E-state index contributed by atoms with van der Waals surface area (Å²) in [4.78, 5) is 23.5. The van der Waals surface area contributed by atoms with E-state index >= 15 is 0 Å². The number of ether oxygens (including phenoxy) is 1. The quantitative estimate of drug-likeness (QED) is 0.314. The number of carbonyl (C=O) groups is 2. The topological polar surface area (TPSA) is 114 Å². The molecular weight excluding hydrogens is 362 g/mol. The smallest absolute Gasteiger partial charge is 0.313 e. The second-order valence-electron chi connectivity index (χ2n) is 5.88. The molecule has 28 heavy (non-hydrogen) atoms. The minimum Gasteiger partial charge on any atom is -0.475 e. The Bertz CT molecular complexity index is 940. The van der Waals surface area contributed by atoms with E-state index in [0.29, 0.717) is 18.5 Å². The van der Waals surface area contributed by atoms with Crippen LogP contribution in [0.25, 0.3) is 11.1 Å². The standard InChI is InChI=1S/C20H19N3O5/c24-19(16-9-4-8-15(12-16)14-6-2-1-3-7-14)21-10-5-11-27-18-13-17(28-23-18)20(25)22-26/h1-4,6-9,12-13,26H,5,10-11H2,(H,21,24)(H,22,25). The first kappa shape index (κ1) is 19.1. The van der Waals surface area contributed by atoms with Gasteiger partial charge in [-0.05, 0) is 34.8 Å². The van der Waals surface area contributed by atoms with Gasteiger partial charge in [0.25, 0.3) is 11.8 Å². The molecule has 0 aliphatic rings. The van der Waals surface area contributed by atoms with Gasteiger partial charge in [0, 0.05) is 12.1 Å². The van der Waals surface area contributed by atoms with E-state index in [4.69, 9.17) is 14.5 Å². The van der Waals surface area contributed by atoms with Crippen molar-refractivity contribution >= 4 is 11.8 Å². The molecular formula is C20H19N3O5. The molecule has 3 N–H and O–H groups in total. The van der Waals surface area contributed by atoms with Gasteiger partial charge < -0.3 is 14.6 Å². The van der Waals surface area contributed by atoms with Crippen LogP contribution in [0, 0.1) is 0 Å². The van der Waals surface area contributed by atoms with E-state index in [0.717, 1.165) is 11.1 Å². The molecule has 0 bridgehead atoms. The zero-order chi connectivity index (χ0) is 19.8. The first-order valence-electron chi connectivity index (χ1n) is 8.65. The first-order valence-corrected chi connectivity index (χ1v) is 8.65. The predicted molar refractivity (Wildman–Crippen MR) is 100 cm³/mol. The Morgan fingerprint density at radius 3 is 2.57 bits per heavy atom. The number of hydrogen-bond acceptors (Lipinski definition) is 6. The number of amides is 2. The molecule has 0 fully saturated rings. The van der Waals surface area contributed by atoms with Gasteiger partial charge >= 0.3 is 5.91 Å². The van der Waals surface area contributed by atoms with E-state index in [1.54, 1.807) is 6.07 Å². The van der Waals surface area contributed by atoms with Crippen LogP contribution in [0.15, 0.2) is 65.2 Å². The van der Waals surface area contributed by atoms with Crippen molar-refractivity contribution in [2.24, 2.45) is 0 Å². The van der Waals surface area contributed by atoms with E-state index in [9.17, 15) is 9.59 Å². The van der Waals surface area contributed by atoms with E-state index in [1.807, 2.05) is 48.5 Å². The molecule has 0 aliphatic carbocycles. The van der Waals surface area contributed by atoms with Crippen LogP contribution in [-0.4, -0.2) is 35.3 Å². The van der Waals surface area contributed by atoms with Crippen LogP contribution in [0.1, 0.15) is 27.3 Å². The molecule has 0 aliphatic heterocycles. The maximum Gasteiger partial charge on any atom is 0.313 e. The molecule has 0 spiro atoms.